The van der Waals surface area contributed by atoms with E-state index in [9.17, 15) is 4.79 Å². The van der Waals surface area contributed by atoms with Gasteiger partial charge in [0.2, 0.25) is 0 Å². The molecule has 104 valence electrons. The fraction of sp³-hybridized carbons (Fsp3) is 0.211. The maximum Gasteiger partial charge on any atom is 0.152 e. The lowest BCUT2D eigenvalue weighted by molar-refractivity contribution is 0.112. The van der Waals surface area contributed by atoms with Crippen molar-refractivity contribution in [1.29, 1.82) is 0 Å². The van der Waals surface area contributed by atoms with E-state index < -0.39 is 0 Å². The van der Waals surface area contributed by atoms with Crippen molar-refractivity contribution in [2.24, 2.45) is 0 Å². The normalized spacial score (nSPS) is 13.5. The van der Waals surface area contributed by atoms with E-state index in [2.05, 4.69) is 28.8 Å². The quantitative estimate of drug-likeness (QED) is 0.662. The number of aromatic nitrogens is 1. The van der Waals surface area contributed by atoms with Gasteiger partial charge in [-0.25, -0.2) is 0 Å². The average Bonchev–Trinajstić information content (AvgIpc) is 3.12. The summed E-state index contributed by atoms with van der Waals surface area (Å²) >= 11 is 0. The predicted molar refractivity (Wildman–Crippen MR) is 84.9 cm³/mol. The zero-order chi connectivity index (χ0) is 14.2. The smallest absolute Gasteiger partial charge is 0.152 e. The monoisotopic (exact) mass is 275 g/mol. The number of rotatable bonds is 3. The van der Waals surface area contributed by atoms with E-state index in [-0.39, 0.29) is 0 Å². The third-order valence-electron chi connectivity index (χ3n) is 4.46. The second-order valence-electron chi connectivity index (χ2n) is 5.80. The number of aryl methyl sites for hydroxylation is 2. The molecule has 1 aliphatic rings. The molecule has 2 heteroatoms. The molecule has 0 spiro atoms. The van der Waals surface area contributed by atoms with E-state index in [1.807, 2.05) is 24.4 Å². The molecule has 21 heavy (non-hydrogen) atoms. The molecular formula is C19H17NO. The van der Waals surface area contributed by atoms with Gasteiger partial charge in [-0.15, -0.1) is 0 Å². The van der Waals surface area contributed by atoms with Crippen molar-refractivity contribution < 1.29 is 4.79 Å². The molecule has 1 aliphatic carbocycles. The molecule has 0 radical (unpaired) electrons. The molecule has 0 saturated carbocycles. The fourth-order valence-electron chi connectivity index (χ4n) is 3.42. The van der Waals surface area contributed by atoms with Crippen LogP contribution in [0.5, 0.6) is 0 Å². The molecule has 0 unspecified atom stereocenters. The number of aldehydes is 1. The molecule has 3 aromatic rings. The molecule has 0 atom stereocenters. The second kappa shape index (κ2) is 4.88. The molecule has 0 saturated heterocycles. The standard InChI is InChI=1S/C19H17NO/c21-13-17-12-20(19-7-2-1-6-18(17)19)11-14-8-9-15-4-3-5-16(15)10-14/h1-2,6-10,12-13H,3-5,11H2. The van der Waals surface area contributed by atoms with Crippen molar-refractivity contribution in [3.8, 4) is 0 Å². The van der Waals surface area contributed by atoms with Gasteiger partial charge in [-0.1, -0.05) is 36.4 Å². The van der Waals surface area contributed by atoms with Crippen LogP contribution in [-0.2, 0) is 19.4 Å². The third-order valence-corrected chi connectivity index (χ3v) is 4.46. The number of fused-ring (bicyclic) bond motifs is 2. The highest BCUT2D eigenvalue weighted by atomic mass is 16.1. The van der Waals surface area contributed by atoms with Gasteiger partial charge in [0.1, 0.15) is 0 Å². The highest BCUT2D eigenvalue weighted by Crippen LogP contribution is 2.25. The number of nitrogens with zero attached hydrogens (tertiary/aromatic N) is 1. The number of carbonyl (C=O) groups excluding carboxylic acids is 1. The summed E-state index contributed by atoms with van der Waals surface area (Å²) in [4.78, 5) is 11.2. The lowest BCUT2D eigenvalue weighted by Gasteiger charge is -2.08. The van der Waals surface area contributed by atoms with Crippen molar-refractivity contribution in [3.63, 3.8) is 0 Å². The summed E-state index contributed by atoms with van der Waals surface area (Å²) in [7, 11) is 0. The topological polar surface area (TPSA) is 22.0 Å². The highest BCUT2D eigenvalue weighted by molar-refractivity contribution is 5.97. The average molecular weight is 275 g/mol. The van der Waals surface area contributed by atoms with Crippen LogP contribution in [0.3, 0.4) is 0 Å². The minimum atomic E-state index is 0.770. The van der Waals surface area contributed by atoms with Gasteiger partial charge in [-0.3, -0.25) is 4.79 Å². The Morgan fingerprint density at radius 3 is 2.81 bits per heavy atom. The summed E-state index contributed by atoms with van der Waals surface area (Å²) in [6, 6.07) is 14.9. The van der Waals surface area contributed by atoms with Gasteiger partial charge >= 0.3 is 0 Å². The van der Waals surface area contributed by atoms with Crippen LogP contribution < -0.4 is 0 Å². The summed E-state index contributed by atoms with van der Waals surface area (Å²) < 4.78 is 2.18. The SMILES string of the molecule is O=Cc1cn(Cc2ccc3c(c2)CCC3)c2ccccc12. The first-order chi connectivity index (χ1) is 10.3. The third kappa shape index (κ3) is 2.07. The molecule has 1 heterocycles. The van der Waals surface area contributed by atoms with Gasteiger partial charge in [0.05, 0.1) is 0 Å². The molecule has 0 aliphatic heterocycles. The van der Waals surface area contributed by atoms with Crippen LogP contribution in [0.15, 0.2) is 48.7 Å². The second-order valence-corrected chi connectivity index (χ2v) is 5.80. The molecular weight excluding hydrogens is 258 g/mol. The Labute approximate surface area is 124 Å². The molecule has 1 aromatic heterocycles. The van der Waals surface area contributed by atoms with Crippen molar-refractivity contribution >= 4 is 17.2 Å². The molecule has 2 nitrogen and oxygen atoms in total. The predicted octanol–water partition coefficient (Wildman–Crippen LogP) is 3.99. The number of carbonyl (C=O) groups is 1. The first-order valence-corrected chi connectivity index (χ1v) is 7.49. The zero-order valence-electron chi connectivity index (χ0n) is 11.9. The van der Waals surface area contributed by atoms with Gasteiger partial charge in [-0.05, 0) is 42.0 Å². The Hall–Kier alpha value is -2.35. The van der Waals surface area contributed by atoms with Gasteiger partial charge in [0.15, 0.2) is 6.29 Å². The van der Waals surface area contributed by atoms with Crippen LogP contribution in [0.25, 0.3) is 10.9 Å². The van der Waals surface area contributed by atoms with Gasteiger partial charge in [0.25, 0.3) is 0 Å². The Kier molecular flexibility index (Phi) is 2.88. The van der Waals surface area contributed by atoms with Crippen LogP contribution in [0, 0.1) is 0 Å². The Bertz CT molecular complexity index is 829. The van der Waals surface area contributed by atoms with Gasteiger partial charge in [0, 0.05) is 29.2 Å². The lowest BCUT2D eigenvalue weighted by atomic mass is 10.1. The van der Waals surface area contributed by atoms with Crippen LogP contribution in [0.2, 0.25) is 0 Å². The number of hydrogen-bond acceptors (Lipinski definition) is 1. The molecule has 0 fully saturated rings. The number of benzene rings is 2. The molecule has 4 rings (SSSR count). The summed E-state index contributed by atoms with van der Waals surface area (Å²) in [5.41, 5.74) is 6.21. The van der Waals surface area contributed by atoms with Crippen LogP contribution in [-0.4, -0.2) is 10.9 Å². The Morgan fingerprint density at radius 2 is 1.90 bits per heavy atom. The van der Waals surface area contributed by atoms with E-state index in [4.69, 9.17) is 0 Å². The maximum absolute atomic E-state index is 11.2. The lowest BCUT2D eigenvalue weighted by Crippen LogP contribution is -1.99. The van der Waals surface area contributed by atoms with Crippen LogP contribution in [0.1, 0.15) is 33.5 Å². The van der Waals surface area contributed by atoms with E-state index in [1.54, 1.807) is 0 Å². The van der Waals surface area contributed by atoms with Crippen LogP contribution >= 0.6 is 0 Å². The summed E-state index contributed by atoms with van der Waals surface area (Å²) in [6.07, 6.45) is 6.61. The van der Waals surface area contributed by atoms with E-state index in [0.717, 1.165) is 29.3 Å². The van der Waals surface area contributed by atoms with E-state index >= 15 is 0 Å². The number of para-hydroxylation sites is 1. The zero-order valence-corrected chi connectivity index (χ0v) is 11.9. The molecule has 0 N–H and O–H groups in total. The Balaban J connectivity index is 1.76. The number of hydrogen-bond donors (Lipinski definition) is 0. The van der Waals surface area contributed by atoms with Crippen molar-refractivity contribution in [3.05, 3.63) is 70.9 Å². The van der Waals surface area contributed by atoms with Crippen LogP contribution in [0.4, 0.5) is 0 Å². The van der Waals surface area contributed by atoms with Crippen molar-refractivity contribution in [1.82, 2.24) is 4.57 Å². The first kappa shape index (κ1) is 12.4. The summed E-state index contributed by atoms with van der Waals surface area (Å²) in [6.45, 7) is 0.821. The van der Waals surface area contributed by atoms with E-state index in [1.165, 1.54) is 36.0 Å². The highest BCUT2D eigenvalue weighted by Gasteiger charge is 2.12. The first-order valence-electron chi connectivity index (χ1n) is 7.49. The summed E-state index contributed by atoms with van der Waals surface area (Å²) in [5, 5.41) is 1.04. The van der Waals surface area contributed by atoms with Crippen molar-refractivity contribution in [2.45, 2.75) is 25.8 Å². The van der Waals surface area contributed by atoms with Crippen molar-refractivity contribution in [2.75, 3.05) is 0 Å². The maximum atomic E-state index is 11.2. The summed E-state index contributed by atoms with van der Waals surface area (Å²) in [5.74, 6) is 0. The van der Waals surface area contributed by atoms with E-state index in [0.29, 0.717) is 0 Å². The Morgan fingerprint density at radius 1 is 1.05 bits per heavy atom. The molecule has 2 aromatic carbocycles. The molecule has 0 bridgehead atoms. The minimum Gasteiger partial charge on any atom is -0.342 e. The minimum absolute atomic E-state index is 0.770. The largest absolute Gasteiger partial charge is 0.342 e. The van der Waals surface area contributed by atoms with Gasteiger partial charge < -0.3 is 4.57 Å². The fourth-order valence-corrected chi connectivity index (χ4v) is 3.42. The van der Waals surface area contributed by atoms with Gasteiger partial charge in [-0.2, -0.15) is 0 Å². The molecule has 0 amide bonds.